The zero-order valence-electron chi connectivity index (χ0n) is 19.5. The molecule has 8 heteroatoms. The Morgan fingerprint density at radius 1 is 1.35 bits per heavy atom. The Kier molecular flexibility index (Phi) is 7.77. The van der Waals surface area contributed by atoms with Crippen LogP contribution in [0.1, 0.15) is 60.5 Å². The fourth-order valence-electron chi connectivity index (χ4n) is 5.19. The highest BCUT2D eigenvalue weighted by Gasteiger charge is 2.37. The summed E-state index contributed by atoms with van der Waals surface area (Å²) in [4.78, 5) is 18.6. The molecule has 1 saturated heterocycles. The highest BCUT2D eigenvalue weighted by atomic mass is 19.1. The van der Waals surface area contributed by atoms with Crippen molar-refractivity contribution in [2.24, 2.45) is 5.92 Å². The number of hydrogen-bond acceptors (Lipinski definition) is 6. The number of likely N-dealkylation sites (tertiary alicyclic amines) is 1. The SMILES string of the molecule is N=Cc1cccc(C(C(=O)O)N2CCC(C(F)CCCCc3ccc4c(n3)NCCC4)C2)c1N. The molecule has 0 bridgehead atoms. The van der Waals surface area contributed by atoms with Gasteiger partial charge in [0.1, 0.15) is 18.0 Å². The number of rotatable bonds is 10. The van der Waals surface area contributed by atoms with Crippen molar-refractivity contribution in [3.63, 3.8) is 0 Å². The van der Waals surface area contributed by atoms with Gasteiger partial charge < -0.3 is 21.6 Å². The number of halogens is 1. The van der Waals surface area contributed by atoms with Gasteiger partial charge in [0.05, 0.1) is 0 Å². The molecule has 2 aliphatic heterocycles. The first-order valence-electron chi connectivity index (χ1n) is 12.2. The first-order chi connectivity index (χ1) is 16.5. The summed E-state index contributed by atoms with van der Waals surface area (Å²) in [6.45, 7) is 1.88. The summed E-state index contributed by atoms with van der Waals surface area (Å²) in [5.41, 5.74) is 9.72. The minimum absolute atomic E-state index is 0.180. The molecule has 0 aliphatic carbocycles. The maximum atomic E-state index is 15.0. The van der Waals surface area contributed by atoms with Crippen molar-refractivity contribution in [1.29, 1.82) is 5.41 Å². The summed E-state index contributed by atoms with van der Waals surface area (Å²) >= 11 is 0. The number of benzene rings is 1. The number of carboxylic acids is 1. The molecular weight excluding hydrogens is 433 g/mol. The van der Waals surface area contributed by atoms with Crippen LogP contribution in [0.5, 0.6) is 0 Å². The lowest BCUT2D eigenvalue weighted by atomic mass is 9.97. The minimum Gasteiger partial charge on any atom is -0.480 e. The summed E-state index contributed by atoms with van der Waals surface area (Å²) < 4.78 is 15.0. The molecule has 182 valence electrons. The predicted molar refractivity (Wildman–Crippen MR) is 132 cm³/mol. The third-order valence-electron chi connectivity index (χ3n) is 7.10. The van der Waals surface area contributed by atoms with E-state index in [9.17, 15) is 9.90 Å². The van der Waals surface area contributed by atoms with E-state index in [0.717, 1.165) is 56.4 Å². The maximum absolute atomic E-state index is 15.0. The average Bonchev–Trinajstić information content (AvgIpc) is 3.32. The van der Waals surface area contributed by atoms with Crippen LogP contribution in [-0.4, -0.2) is 53.0 Å². The smallest absolute Gasteiger partial charge is 0.325 e. The van der Waals surface area contributed by atoms with Crippen LogP contribution in [-0.2, 0) is 17.6 Å². The molecule has 1 fully saturated rings. The number of nitrogens with two attached hydrogens (primary N) is 1. The normalized spacial score (nSPS) is 19.7. The molecule has 0 amide bonds. The number of aliphatic carboxylic acids is 1. The molecule has 3 unspecified atom stereocenters. The molecule has 34 heavy (non-hydrogen) atoms. The van der Waals surface area contributed by atoms with Crippen molar-refractivity contribution in [2.45, 2.75) is 57.2 Å². The molecule has 7 nitrogen and oxygen atoms in total. The van der Waals surface area contributed by atoms with E-state index in [0.29, 0.717) is 42.7 Å². The Morgan fingerprint density at radius 2 is 2.21 bits per heavy atom. The monoisotopic (exact) mass is 467 g/mol. The van der Waals surface area contributed by atoms with E-state index in [1.165, 1.54) is 5.56 Å². The molecule has 2 aliphatic rings. The topological polar surface area (TPSA) is 115 Å². The van der Waals surface area contributed by atoms with E-state index in [4.69, 9.17) is 16.1 Å². The Morgan fingerprint density at radius 3 is 3.00 bits per heavy atom. The lowest BCUT2D eigenvalue weighted by Gasteiger charge is -2.26. The van der Waals surface area contributed by atoms with Crippen molar-refractivity contribution in [1.82, 2.24) is 9.88 Å². The summed E-state index contributed by atoms with van der Waals surface area (Å²) in [6, 6.07) is 8.38. The van der Waals surface area contributed by atoms with Gasteiger partial charge in [0.15, 0.2) is 0 Å². The molecule has 0 spiro atoms. The first-order valence-corrected chi connectivity index (χ1v) is 12.2. The fourth-order valence-corrected chi connectivity index (χ4v) is 5.19. The number of nitrogens with one attached hydrogen (secondary N) is 2. The Labute approximate surface area is 200 Å². The van der Waals surface area contributed by atoms with E-state index in [1.807, 2.05) is 4.90 Å². The highest BCUT2D eigenvalue weighted by molar-refractivity contribution is 5.88. The number of anilines is 2. The Bertz CT molecular complexity index is 1030. The van der Waals surface area contributed by atoms with Crippen LogP contribution in [0.25, 0.3) is 0 Å². The maximum Gasteiger partial charge on any atom is 0.325 e. The second kappa shape index (κ2) is 11.0. The molecule has 1 aromatic carbocycles. The highest BCUT2D eigenvalue weighted by Crippen LogP contribution is 2.34. The molecule has 0 radical (unpaired) electrons. The molecule has 3 heterocycles. The summed E-state index contributed by atoms with van der Waals surface area (Å²) in [5.74, 6) is -0.185. The van der Waals surface area contributed by atoms with Gasteiger partial charge in [-0.1, -0.05) is 30.7 Å². The van der Waals surface area contributed by atoms with Crippen molar-refractivity contribution >= 4 is 23.7 Å². The summed E-state index contributed by atoms with van der Waals surface area (Å²) in [5, 5.41) is 20.7. The largest absolute Gasteiger partial charge is 0.480 e. The van der Waals surface area contributed by atoms with Gasteiger partial charge in [0.25, 0.3) is 0 Å². The predicted octanol–water partition coefficient (Wildman–Crippen LogP) is 4.22. The standard InChI is InChI=1S/C26H34FN5O2/c27-22(9-2-1-7-20-11-10-17-6-4-13-30-25(17)31-20)19-12-14-32(16-19)24(26(33)34)21-8-3-5-18(15-28)23(21)29/h3,5,8,10-11,15,19,22,24,28H,1-2,4,6-7,9,12-14,16,29H2,(H,30,31)(H,33,34). The fraction of sp³-hybridized carbons (Fsp3) is 0.500. The molecule has 4 rings (SSSR count). The minimum atomic E-state index is -1.00. The third kappa shape index (κ3) is 5.38. The zero-order valence-corrected chi connectivity index (χ0v) is 19.5. The number of carboxylic acid groups (broad SMARTS) is 1. The van der Waals surface area contributed by atoms with E-state index >= 15 is 4.39 Å². The van der Waals surface area contributed by atoms with E-state index < -0.39 is 18.2 Å². The number of unbranched alkanes of at least 4 members (excludes halogenated alkanes) is 1. The molecule has 3 atom stereocenters. The molecule has 1 aromatic heterocycles. The quantitative estimate of drug-likeness (QED) is 0.236. The van der Waals surface area contributed by atoms with Gasteiger partial charge in [0.2, 0.25) is 0 Å². The van der Waals surface area contributed by atoms with Gasteiger partial charge in [-0.05, 0) is 56.7 Å². The van der Waals surface area contributed by atoms with Crippen LogP contribution in [0.4, 0.5) is 15.9 Å². The Hall–Kier alpha value is -3.00. The van der Waals surface area contributed by atoms with E-state index in [1.54, 1.807) is 18.2 Å². The molecular formula is C26H34FN5O2. The number of hydrogen-bond donors (Lipinski definition) is 4. The molecule has 5 N–H and O–H groups in total. The number of nitrogens with zero attached hydrogens (tertiary/aromatic N) is 2. The van der Waals surface area contributed by atoms with Gasteiger partial charge in [-0.3, -0.25) is 9.69 Å². The van der Waals surface area contributed by atoms with Crippen molar-refractivity contribution < 1.29 is 14.3 Å². The summed E-state index contributed by atoms with van der Waals surface area (Å²) in [6.07, 6.45) is 5.98. The van der Waals surface area contributed by atoms with Crippen LogP contribution < -0.4 is 11.1 Å². The number of aryl methyl sites for hydroxylation is 2. The third-order valence-corrected chi connectivity index (χ3v) is 7.10. The van der Waals surface area contributed by atoms with Crippen LogP contribution >= 0.6 is 0 Å². The van der Waals surface area contributed by atoms with E-state index in [-0.39, 0.29) is 5.92 Å². The number of carbonyl (C=O) groups is 1. The number of alkyl halides is 1. The lowest BCUT2D eigenvalue weighted by Crippen LogP contribution is -2.34. The van der Waals surface area contributed by atoms with Crippen molar-refractivity contribution in [2.75, 3.05) is 30.7 Å². The number of pyridine rings is 1. The second-order valence-corrected chi connectivity index (χ2v) is 9.38. The van der Waals surface area contributed by atoms with Crippen molar-refractivity contribution in [3.8, 4) is 0 Å². The van der Waals surface area contributed by atoms with Gasteiger partial charge in [-0.15, -0.1) is 0 Å². The van der Waals surface area contributed by atoms with Gasteiger partial charge in [-0.25, -0.2) is 9.37 Å². The van der Waals surface area contributed by atoms with E-state index in [2.05, 4.69) is 17.4 Å². The van der Waals surface area contributed by atoms with Crippen LogP contribution in [0, 0.1) is 11.3 Å². The number of para-hydroxylation sites is 1. The van der Waals surface area contributed by atoms with Gasteiger partial charge >= 0.3 is 5.97 Å². The second-order valence-electron chi connectivity index (χ2n) is 9.38. The molecule has 0 saturated carbocycles. The number of aromatic nitrogens is 1. The van der Waals surface area contributed by atoms with Crippen LogP contribution in [0.2, 0.25) is 0 Å². The first kappa shape index (κ1) is 24.1. The number of fused-ring (bicyclic) bond motifs is 1. The van der Waals surface area contributed by atoms with Crippen molar-refractivity contribution in [3.05, 3.63) is 52.7 Å². The van der Waals surface area contributed by atoms with Crippen LogP contribution in [0.15, 0.2) is 30.3 Å². The van der Waals surface area contributed by atoms with Gasteiger partial charge in [-0.2, -0.15) is 0 Å². The zero-order chi connectivity index (χ0) is 24.1. The molecule has 2 aromatic rings. The summed E-state index contributed by atoms with van der Waals surface area (Å²) in [7, 11) is 0. The number of nitrogen functional groups attached to an aromatic ring is 1. The average molecular weight is 468 g/mol. The Balaban J connectivity index is 1.28. The van der Waals surface area contributed by atoms with Gasteiger partial charge in [0, 0.05) is 47.7 Å². The van der Waals surface area contributed by atoms with Crippen LogP contribution in [0.3, 0.4) is 0 Å². The lowest BCUT2D eigenvalue weighted by molar-refractivity contribution is -0.143.